The first kappa shape index (κ1) is 24.3. The van der Waals surface area contributed by atoms with Gasteiger partial charge in [-0.1, -0.05) is 43.0 Å². The van der Waals surface area contributed by atoms with Gasteiger partial charge >= 0.3 is 6.18 Å². The standard InChI is InChI=1S/C27H23F4N3O/c1-18-21(14-32)16-34(15-20-8-9-22(13-24(20)28)27(29,30)31)25-11-12-33(17-23(18)25)26(35)10-7-19-5-3-2-4-6-19/h2-6,8-9,13,16H,1,7,10-12,15,17H2. The van der Waals surface area contributed by atoms with Crippen LogP contribution in [0.1, 0.15) is 29.5 Å². The molecule has 2 aromatic rings. The lowest BCUT2D eigenvalue weighted by Gasteiger charge is -2.39. The molecule has 2 aliphatic heterocycles. The maximum atomic E-state index is 14.5. The highest BCUT2D eigenvalue weighted by molar-refractivity contribution is 5.77. The van der Waals surface area contributed by atoms with Gasteiger partial charge in [0.15, 0.2) is 0 Å². The molecule has 0 N–H and O–H groups in total. The van der Waals surface area contributed by atoms with E-state index >= 15 is 0 Å². The minimum absolute atomic E-state index is 0.0124. The molecule has 0 aliphatic carbocycles. The lowest BCUT2D eigenvalue weighted by Crippen LogP contribution is -2.41. The summed E-state index contributed by atoms with van der Waals surface area (Å²) in [5.74, 6) is -0.978. The summed E-state index contributed by atoms with van der Waals surface area (Å²) in [6, 6.07) is 14.2. The molecule has 0 unspecified atom stereocenters. The van der Waals surface area contributed by atoms with Gasteiger partial charge in [0.2, 0.25) is 5.91 Å². The second-order valence-electron chi connectivity index (χ2n) is 8.54. The molecule has 0 aromatic heterocycles. The largest absolute Gasteiger partial charge is 0.416 e. The van der Waals surface area contributed by atoms with E-state index in [1.165, 1.54) is 0 Å². The van der Waals surface area contributed by atoms with Crippen molar-refractivity contribution in [3.05, 3.63) is 106 Å². The Bertz CT molecular complexity index is 1260. The molecule has 0 radical (unpaired) electrons. The molecule has 0 spiro atoms. The van der Waals surface area contributed by atoms with E-state index in [0.717, 1.165) is 29.0 Å². The molecule has 2 heterocycles. The molecule has 8 heteroatoms. The minimum atomic E-state index is -4.63. The average molecular weight is 481 g/mol. The van der Waals surface area contributed by atoms with Gasteiger partial charge in [0.1, 0.15) is 11.9 Å². The SMILES string of the molecule is C=C1C(C#N)=CN(Cc2ccc(C(F)(F)F)cc2F)C2=C1CN(C(=O)CCc1ccccc1)CC2. The van der Waals surface area contributed by atoms with Crippen molar-refractivity contribution >= 4 is 5.91 Å². The van der Waals surface area contributed by atoms with Crippen LogP contribution in [-0.2, 0) is 23.9 Å². The van der Waals surface area contributed by atoms with Gasteiger partial charge in [0.25, 0.3) is 0 Å². The molecule has 180 valence electrons. The summed E-state index contributed by atoms with van der Waals surface area (Å²) in [5, 5.41) is 9.59. The summed E-state index contributed by atoms with van der Waals surface area (Å²) in [4.78, 5) is 16.3. The zero-order chi connectivity index (χ0) is 25.2. The van der Waals surface area contributed by atoms with Crippen LogP contribution in [0, 0.1) is 17.1 Å². The van der Waals surface area contributed by atoms with E-state index in [4.69, 9.17) is 0 Å². The highest BCUT2D eigenvalue weighted by Crippen LogP contribution is 2.36. The van der Waals surface area contributed by atoms with Crippen molar-refractivity contribution in [3.8, 4) is 6.07 Å². The van der Waals surface area contributed by atoms with Crippen LogP contribution >= 0.6 is 0 Å². The summed E-state index contributed by atoms with van der Waals surface area (Å²) in [6.45, 7) is 4.70. The monoisotopic (exact) mass is 481 g/mol. The first-order valence-corrected chi connectivity index (χ1v) is 11.1. The van der Waals surface area contributed by atoms with Crippen molar-refractivity contribution in [3.63, 3.8) is 0 Å². The Morgan fingerprint density at radius 3 is 2.54 bits per heavy atom. The lowest BCUT2D eigenvalue weighted by molar-refractivity contribution is -0.137. The van der Waals surface area contributed by atoms with Crippen molar-refractivity contribution in [1.29, 1.82) is 5.26 Å². The van der Waals surface area contributed by atoms with E-state index in [0.29, 0.717) is 37.4 Å². The van der Waals surface area contributed by atoms with Crippen molar-refractivity contribution in [2.45, 2.75) is 32.0 Å². The van der Waals surface area contributed by atoms with Crippen molar-refractivity contribution < 1.29 is 22.4 Å². The lowest BCUT2D eigenvalue weighted by atomic mass is 9.90. The Morgan fingerprint density at radius 2 is 1.89 bits per heavy atom. The number of aryl methyl sites for hydroxylation is 1. The maximum Gasteiger partial charge on any atom is 0.416 e. The number of carbonyl (C=O) groups is 1. The van der Waals surface area contributed by atoms with Crippen LogP contribution in [-0.4, -0.2) is 28.8 Å². The first-order chi connectivity index (χ1) is 16.7. The third-order valence-corrected chi connectivity index (χ3v) is 6.30. The number of nitrogens with zero attached hydrogens (tertiary/aromatic N) is 3. The summed E-state index contributed by atoms with van der Waals surface area (Å²) >= 11 is 0. The number of hydrogen-bond donors (Lipinski definition) is 0. The Morgan fingerprint density at radius 1 is 1.14 bits per heavy atom. The van der Waals surface area contributed by atoms with Crippen LogP contribution in [0.5, 0.6) is 0 Å². The quantitative estimate of drug-likeness (QED) is 0.512. The van der Waals surface area contributed by atoms with Crippen LogP contribution in [0.15, 0.2) is 83.7 Å². The Labute approximate surface area is 201 Å². The molecule has 2 aromatic carbocycles. The molecule has 4 nitrogen and oxygen atoms in total. The molecule has 0 saturated carbocycles. The molecule has 1 amide bonds. The number of hydrogen-bond acceptors (Lipinski definition) is 3. The Kier molecular flexibility index (Phi) is 6.79. The first-order valence-electron chi connectivity index (χ1n) is 11.1. The topological polar surface area (TPSA) is 47.3 Å². The fraction of sp³-hybridized carbons (Fsp3) is 0.259. The normalized spacial score (nSPS) is 16.1. The van der Waals surface area contributed by atoms with Crippen LogP contribution in [0.2, 0.25) is 0 Å². The van der Waals surface area contributed by atoms with E-state index in [9.17, 15) is 27.6 Å². The van der Waals surface area contributed by atoms with Gasteiger partial charge in [0, 0.05) is 43.4 Å². The average Bonchev–Trinajstić information content (AvgIpc) is 2.85. The number of rotatable bonds is 5. The van der Waals surface area contributed by atoms with Gasteiger partial charge in [-0.3, -0.25) is 4.79 Å². The number of benzene rings is 2. The van der Waals surface area contributed by atoms with E-state index in [2.05, 4.69) is 12.6 Å². The van der Waals surface area contributed by atoms with E-state index in [1.54, 1.807) is 16.0 Å². The number of allylic oxidation sites excluding steroid dienone is 1. The zero-order valence-electron chi connectivity index (χ0n) is 18.9. The van der Waals surface area contributed by atoms with Gasteiger partial charge < -0.3 is 9.80 Å². The van der Waals surface area contributed by atoms with Crippen LogP contribution in [0.4, 0.5) is 17.6 Å². The van der Waals surface area contributed by atoms with Crippen LogP contribution in [0.3, 0.4) is 0 Å². The highest BCUT2D eigenvalue weighted by Gasteiger charge is 2.33. The predicted molar refractivity (Wildman–Crippen MR) is 123 cm³/mol. The molecule has 0 bridgehead atoms. The number of carbonyl (C=O) groups excluding carboxylic acids is 1. The minimum Gasteiger partial charge on any atom is -0.345 e. The summed E-state index contributed by atoms with van der Waals surface area (Å²) in [5.41, 5.74) is 2.38. The highest BCUT2D eigenvalue weighted by atomic mass is 19.4. The summed E-state index contributed by atoms with van der Waals surface area (Å²) in [7, 11) is 0. The van der Waals surface area contributed by atoms with Crippen molar-refractivity contribution in [2.75, 3.05) is 13.1 Å². The van der Waals surface area contributed by atoms with Crippen LogP contribution < -0.4 is 0 Å². The second kappa shape index (κ2) is 9.79. The molecular weight excluding hydrogens is 458 g/mol. The molecule has 4 rings (SSSR count). The fourth-order valence-corrected chi connectivity index (χ4v) is 4.35. The third-order valence-electron chi connectivity index (χ3n) is 6.30. The third kappa shape index (κ3) is 5.29. The number of nitriles is 1. The van der Waals surface area contributed by atoms with Crippen molar-refractivity contribution in [1.82, 2.24) is 9.80 Å². The van der Waals surface area contributed by atoms with Crippen LogP contribution in [0.25, 0.3) is 0 Å². The zero-order valence-corrected chi connectivity index (χ0v) is 18.9. The summed E-state index contributed by atoms with van der Waals surface area (Å²) in [6.07, 6.45) is -1.66. The molecule has 0 fully saturated rings. The van der Waals surface area contributed by atoms with Gasteiger partial charge in [-0.25, -0.2) is 4.39 Å². The fourth-order valence-electron chi connectivity index (χ4n) is 4.35. The number of amides is 1. The molecule has 35 heavy (non-hydrogen) atoms. The molecule has 2 aliphatic rings. The number of alkyl halides is 3. The Balaban J connectivity index is 1.53. The Hall–Kier alpha value is -3.86. The van der Waals surface area contributed by atoms with Gasteiger partial charge in [-0.05, 0) is 35.3 Å². The number of halogens is 4. The van der Waals surface area contributed by atoms with Gasteiger partial charge in [-0.2, -0.15) is 18.4 Å². The van der Waals surface area contributed by atoms with Gasteiger partial charge in [0.05, 0.1) is 17.7 Å². The molecule has 0 atom stereocenters. The second-order valence-corrected chi connectivity index (χ2v) is 8.54. The van der Waals surface area contributed by atoms with Gasteiger partial charge in [-0.15, -0.1) is 0 Å². The van der Waals surface area contributed by atoms with E-state index < -0.39 is 17.6 Å². The predicted octanol–water partition coefficient (Wildman–Crippen LogP) is 5.74. The smallest absolute Gasteiger partial charge is 0.345 e. The van der Waals surface area contributed by atoms with Crippen molar-refractivity contribution in [2.24, 2.45) is 0 Å². The molecule has 0 saturated heterocycles. The maximum absolute atomic E-state index is 14.5. The summed E-state index contributed by atoms with van der Waals surface area (Å²) < 4.78 is 53.2. The van der Waals surface area contributed by atoms with E-state index in [-0.39, 0.29) is 30.1 Å². The van der Waals surface area contributed by atoms with E-state index in [1.807, 2.05) is 30.3 Å². The molecular formula is C27H23F4N3O.